The van der Waals surface area contributed by atoms with Crippen LogP contribution in [0.25, 0.3) is 0 Å². The van der Waals surface area contributed by atoms with E-state index in [0.717, 1.165) is 25.5 Å². The lowest BCUT2D eigenvalue weighted by Gasteiger charge is -2.34. The second kappa shape index (κ2) is 5.15. The van der Waals surface area contributed by atoms with Crippen molar-refractivity contribution in [1.82, 2.24) is 0 Å². The molecule has 0 bridgehead atoms. The van der Waals surface area contributed by atoms with Crippen molar-refractivity contribution in [2.45, 2.75) is 42.4 Å². The van der Waals surface area contributed by atoms with Crippen LogP contribution in [0.15, 0.2) is 17.0 Å². The predicted molar refractivity (Wildman–Crippen MR) is 78.1 cm³/mol. The minimum absolute atomic E-state index is 0.0159. The molecule has 1 aromatic carbocycles. The molecular formula is C15H18O6S. The molecule has 1 aliphatic carbocycles. The maximum atomic E-state index is 12.2. The minimum atomic E-state index is -3.57. The van der Waals surface area contributed by atoms with Gasteiger partial charge in [-0.15, -0.1) is 0 Å². The molecule has 0 saturated heterocycles. The molecule has 1 aliphatic heterocycles. The van der Waals surface area contributed by atoms with Gasteiger partial charge < -0.3 is 14.6 Å². The van der Waals surface area contributed by atoms with Crippen LogP contribution in [-0.4, -0.2) is 32.5 Å². The van der Waals surface area contributed by atoms with Crippen LogP contribution in [-0.2, 0) is 20.0 Å². The van der Waals surface area contributed by atoms with Crippen molar-refractivity contribution in [2.75, 3.05) is 13.0 Å². The largest absolute Gasteiger partial charge is 0.481 e. The molecular weight excluding hydrogens is 308 g/mol. The monoisotopic (exact) mass is 326 g/mol. The number of carbonyl (C=O) groups is 1. The molecule has 0 spiro atoms. The Bertz CT molecular complexity index is 716. The average molecular weight is 326 g/mol. The summed E-state index contributed by atoms with van der Waals surface area (Å²) in [6, 6.07) is 2.93. The number of carboxylic acids is 1. The van der Waals surface area contributed by atoms with Crippen LogP contribution in [0.3, 0.4) is 0 Å². The lowest BCUT2D eigenvalue weighted by Crippen LogP contribution is -2.39. The lowest BCUT2D eigenvalue weighted by molar-refractivity contribution is -0.145. The van der Waals surface area contributed by atoms with Crippen LogP contribution in [0, 0.1) is 0 Å². The zero-order chi connectivity index (χ0) is 16.0. The van der Waals surface area contributed by atoms with Crippen molar-refractivity contribution in [2.24, 2.45) is 0 Å². The minimum Gasteiger partial charge on any atom is -0.481 e. The molecule has 0 atom stereocenters. The highest BCUT2D eigenvalue weighted by Crippen LogP contribution is 2.46. The van der Waals surface area contributed by atoms with Gasteiger partial charge in [0.25, 0.3) is 0 Å². The van der Waals surface area contributed by atoms with E-state index in [4.69, 9.17) is 9.47 Å². The summed E-state index contributed by atoms with van der Waals surface area (Å²) in [6.07, 6.45) is 4.46. The molecule has 0 amide bonds. The fraction of sp³-hybridized carbons (Fsp3) is 0.533. The molecule has 120 valence electrons. The molecule has 3 rings (SSSR count). The zero-order valence-corrected chi connectivity index (χ0v) is 13.1. The van der Waals surface area contributed by atoms with E-state index in [1.807, 2.05) is 0 Å². The highest BCUT2D eigenvalue weighted by Gasteiger charge is 2.45. The smallest absolute Gasteiger partial charge is 0.314 e. The Labute approximate surface area is 129 Å². The third-order valence-corrected chi connectivity index (χ3v) is 5.64. The van der Waals surface area contributed by atoms with Crippen LogP contribution in [0.5, 0.6) is 11.5 Å². The van der Waals surface area contributed by atoms with Crippen molar-refractivity contribution >= 4 is 15.8 Å². The van der Waals surface area contributed by atoms with E-state index >= 15 is 0 Å². The van der Waals surface area contributed by atoms with Gasteiger partial charge in [0.1, 0.15) is 0 Å². The van der Waals surface area contributed by atoms with Gasteiger partial charge >= 0.3 is 5.97 Å². The van der Waals surface area contributed by atoms with E-state index in [1.54, 1.807) is 0 Å². The Morgan fingerprint density at radius 1 is 1.14 bits per heavy atom. The molecule has 2 aliphatic rings. The molecule has 1 heterocycles. The van der Waals surface area contributed by atoms with Gasteiger partial charge in [-0.1, -0.05) is 19.3 Å². The molecule has 6 nitrogen and oxygen atoms in total. The van der Waals surface area contributed by atoms with Gasteiger partial charge in [0.05, 0.1) is 10.3 Å². The molecule has 1 N–H and O–H groups in total. The molecule has 22 heavy (non-hydrogen) atoms. The summed E-state index contributed by atoms with van der Waals surface area (Å²) in [5.74, 6) is -0.218. The number of fused-ring (bicyclic) bond motifs is 1. The highest BCUT2D eigenvalue weighted by molar-refractivity contribution is 7.90. The topological polar surface area (TPSA) is 89.9 Å². The highest BCUT2D eigenvalue weighted by atomic mass is 32.2. The second-order valence-corrected chi connectivity index (χ2v) is 7.91. The van der Waals surface area contributed by atoms with Gasteiger partial charge in [0.15, 0.2) is 21.3 Å². The van der Waals surface area contributed by atoms with Crippen LogP contribution in [0.2, 0.25) is 0 Å². The maximum absolute atomic E-state index is 12.2. The van der Waals surface area contributed by atoms with Crippen LogP contribution in [0.1, 0.15) is 37.7 Å². The normalized spacial score (nSPS) is 19.9. The number of hydrogen-bond acceptors (Lipinski definition) is 5. The lowest BCUT2D eigenvalue weighted by atomic mass is 9.69. The summed E-state index contributed by atoms with van der Waals surface area (Å²) in [6.45, 7) is 0.0159. The summed E-state index contributed by atoms with van der Waals surface area (Å²) >= 11 is 0. The Balaban J connectivity index is 2.26. The summed E-state index contributed by atoms with van der Waals surface area (Å²) in [5, 5.41) is 9.81. The van der Waals surface area contributed by atoms with Crippen molar-refractivity contribution in [3.63, 3.8) is 0 Å². The van der Waals surface area contributed by atoms with E-state index in [-0.39, 0.29) is 11.7 Å². The van der Waals surface area contributed by atoms with E-state index in [0.29, 0.717) is 29.9 Å². The molecule has 1 fully saturated rings. The third kappa shape index (κ3) is 2.33. The van der Waals surface area contributed by atoms with Gasteiger partial charge in [-0.05, 0) is 24.5 Å². The number of ether oxygens (including phenoxy) is 2. The van der Waals surface area contributed by atoms with Gasteiger partial charge in [-0.3, -0.25) is 4.79 Å². The number of carboxylic acid groups (broad SMARTS) is 1. The Morgan fingerprint density at radius 2 is 1.73 bits per heavy atom. The fourth-order valence-electron chi connectivity index (χ4n) is 3.36. The van der Waals surface area contributed by atoms with E-state index in [1.165, 1.54) is 12.1 Å². The maximum Gasteiger partial charge on any atom is 0.314 e. The third-order valence-electron chi connectivity index (χ3n) is 4.51. The van der Waals surface area contributed by atoms with Crippen molar-refractivity contribution in [3.8, 4) is 11.5 Å². The Kier molecular flexibility index (Phi) is 3.55. The molecule has 0 radical (unpaired) electrons. The van der Waals surface area contributed by atoms with Crippen molar-refractivity contribution < 1.29 is 27.8 Å². The number of hydrogen-bond donors (Lipinski definition) is 1. The zero-order valence-electron chi connectivity index (χ0n) is 12.3. The average Bonchev–Trinajstić information content (AvgIpc) is 2.93. The standard InChI is InChI=1S/C15H18O6S/c1-22(18,19)13-8-12-11(20-9-21-12)7-10(13)15(14(16)17)5-3-2-4-6-15/h7-8H,2-6,9H2,1H3,(H,16,17). The van der Waals surface area contributed by atoms with Crippen LogP contribution >= 0.6 is 0 Å². The van der Waals surface area contributed by atoms with Crippen molar-refractivity contribution in [1.29, 1.82) is 0 Å². The summed E-state index contributed by atoms with van der Waals surface area (Å²) in [4.78, 5) is 12.0. The van der Waals surface area contributed by atoms with Gasteiger partial charge in [0.2, 0.25) is 6.79 Å². The summed E-state index contributed by atoms with van der Waals surface area (Å²) in [7, 11) is -3.57. The van der Waals surface area contributed by atoms with Gasteiger partial charge in [-0.2, -0.15) is 0 Å². The van der Waals surface area contributed by atoms with Crippen LogP contribution < -0.4 is 9.47 Å². The van der Waals surface area contributed by atoms with E-state index in [2.05, 4.69) is 0 Å². The first kappa shape index (κ1) is 15.1. The predicted octanol–water partition coefficient (Wildman–Crippen LogP) is 2.11. The Hall–Kier alpha value is -1.76. The fourth-order valence-corrected chi connectivity index (χ4v) is 4.33. The molecule has 0 aromatic heterocycles. The van der Waals surface area contributed by atoms with E-state index < -0.39 is 21.2 Å². The first-order valence-electron chi connectivity index (χ1n) is 7.22. The van der Waals surface area contributed by atoms with Crippen molar-refractivity contribution in [3.05, 3.63) is 17.7 Å². The first-order valence-corrected chi connectivity index (χ1v) is 9.11. The Morgan fingerprint density at radius 3 is 2.27 bits per heavy atom. The van der Waals surface area contributed by atoms with Crippen LogP contribution in [0.4, 0.5) is 0 Å². The number of aliphatic carboxylic acids is 1. The second-order valence-electron chi connectivity index (χ2n) is 5.92. The number of benzene rings is 1. The SMILES string of the molecule is CS(=O)(=O)c1cc2c(cc1C1(C(=O)O)CCCCC1)OCO2. The van der Waals surface area contributed by atoms with Gasteiger partial charge in [0, 0.05) is 12.3 Å². The van der Waals surface area contributed by atoms with Gasteiger partial charge in [-0.25, -0.2) is 8.42 Å². The summed E-state index contributed by atoms with van der Waals surface area (Å²) < 4.78 is 34.9. The van der Waals surface area contributed by atoms with E-state index in [9.17, 15) is 18.3 Å². The molecule has 1 aromatic rings. The first-order chi connectivity index (χ1) is 10.3. The molecule has 1 saturated carbocycles. The molecule has 0 unspecified atom stereocenters. The molecule has 7 heteroatoms. The summed E-state index contributed by atoms with van der Waals surface area (Å²) in [5.41, 5.74) is -0.844. The number of sulfone groups is 1. The quantitative estimate of drug-likeness (QED) is 0.915. The number of rotatable bonds is 3.